The number of hydrogen-bond donors (Lipinski definition) is 1. The Bertz CT molecular complexity index is 139. The van der Waals surface area contributed by atoms with E-state index < -0.39 is 5.38 Å². The lowest BCUT2D eigenvalue weighted by Crippen LogP contribution is -2.31. The van der Waals surface area contributed by atoms with E-state index >= 15 is 0 Å². The first-order valence-corrected chi connectivity index (χ1v) is 5.56. The van der Waals surface area contributed by atoms with Gasteiger partial charge in [-0.2, -0.15) is 11.8 Å². The van der Waals surface area contributed by atoms with Crippen LogP contribution in [0.2, 0.25) is 0 Å². The Morgan fingerprint density at radius 1 is 1.50 bits per heavy atom. The van der Waals surface area contributed by atoms with Crippen LogP contribution in [0.3, 0.4) is 0 Å². The van der Waals surface area contributed by atoms with Gasteiger partial charge in [0.2, 0.25) is 5.91 Å². The molecule has 0 saturated carbocycles. The van der Waals surface area contributed by atoms with Gasteiger partial charge in [-0.15, -0.1) is 11.6 Å². The second-order valence-electron chi connectivity index (χ2n) is 2.83. The standard InChI is InChI=1S/C8H16ClNOS/c1-6(2)12-5-4-10-8(11)7(3)9/h6-7H,4-5H2,1-3H3,(H,10,11). The molecule has 0 saturated heterocycles. The molecule has 4 heteroatoms. The van der Waals surface area contributed by atoms with Gasteiger partial charge in [0.05, 0.1) is 0 Å². The van der Waals surface area contributed by atoms with Crippen LogP contribution in [0, 0.1) is 0 Å². The quantitative estimate of drug-likeness (QED) is 0.554. The Hall–Kier alpha value is 0.110. The van der Waals surface area contributed by atoms with Crippen LogP contribution in [-0.4, -0.2) is 28.8 Å². The predicted molar refractivity (Wildman–Crippen MR) is 55.9 cm³/mol. The fraction of sp³-hybridized carbons (Fsp3) is 0.875. The highest BCUT2D eigenvalue weighted by atomic mass is 35.5. The van der Waals surface area contributed by atoms with Crippen molar-refractivity contribution in [3.8, 4) is 0 Å². The number of halogens is 1. The van der Waals surface area contributed by atoms with E-state index in [0.29, 0.717) is 11.8 Å². The van der Waals surface area contributed by atoms with E-state index in [1.54, 1.807) is 6.92 Å². The molecule has 1 unspecified atom stereocenters. The molecule has 2 nitrogen and oxygen atoms in total. The molecule has 0 aliphatic rings. The SMILES string of the molecule is CC(C)SCCNC(=O)C(C)Cl. The van der Waals surface area contributed by atoms with Crippen molar-refractivity contribution < 1.29 is 4.79 Å². The summed E-state index contributed by atoms with van der Waals surface area (Å²) >= 11 is 7.38. The number of carbonyl (C=O) groups excluding carboxylic acids is 1. The number of amides is 1. The maximum atomic E-state index is 10.9. The molecular formula is C8H16ClNOS. The van der Waals surface area contributed by atoms with Crippen LogP contribution in [0.5, 0.6) is 0 Å². The summed E-state index contributed by atoms with van der Waals surface area (Å²) in [5.74, 6) is 0.869. The Morgan fingerprint density at radius 2 is 2.08 bits per heavy atom. The first kappa shape index (κ1) is 12.1. The molecule has 1 atom stereocenters. The summed E-state index contributed by atoms with van der Waals surface area (Å²) in [4.78, 5) is 10.9. The van der Waals surface area contributed by atoms with E-state index in [1.165, 1.54) is 0 Å². The molecule has 0 aliphatic heterocycles. The summed E-state index contributed by atoms with van der Waals surface area (Å²) < 4.78 is 0. The van der Waals surface area contributed by atoms with E-state index in [0.717, 1.165) is 5.75 Å². The summed E-state index contributed by atoms with van der Waals surface area (Å²) in [5, 5.41) is 2.94. The van der Waals surface area contributed by atoms with E-state index in [9.17, 15) is 4.79 Å². The van der Waals surface area contributed by atoms with Crippen molar-refractivity contribution in [2.75, 3.05) is 12.3 Å². The fourth-order valence-electron chi connectivity index (χ4n) is 0.609. The fourth-order valence-corrected chi connectivity index (χ4v) is 1.38. The monoisotopic (exact) mass is 209 g/mol. The van der Waals surface area contributed by atoms with Crippen LogP contribution in [0.1, 0.15) is 20.8 Å². The van der Waals surface area contributed by atoms with Gasteiger partial charge < -0.3 is 5.32 Å². The van der Waals surface area contributed by atoms with Crippen molar-refractivity contribution in [2.45, 2.75) is 31.4 Å². The Labute approximate surface area is 83.4 Å². The van der Waals surface area contributed by atoms with Crippen molar-refractivity contribution in [2.24, 2.45) is 0 Å². The number of thioether (sulfide) groups is 1. The van der Waals surface area contributed by atoms with Crippen LogP contribution < -0.4 is 5.32 Å². The minimum absolute atomic E-state index is 0.0824. The minimum Gasteiger partial charge on any atom is -0.354 e. The molecule has 0 bridgehead atoms. The molecule has 0 fully saturated rings. The zero-order valence-electron chi connectivity index (χ0n) is 7.76. The van der Waals surface area contributed by atoms with E-state index in [-0.39, 0.29) is 5.91 Å². The first-order valence-electron chi connectivity index (χ1n) is 4.07. The second kappa shape index (κ2) is 6.61. The zero-order chi connectivity index (χ0) is 9.56. The van der Waals surface area contributed by atoms with Crippen LogP contribution in [0.4, 0.5) is 0 Å². The lowest BCUT2D eigenvalue weighted by Gasteiger charge is -2.07. The van der Waals surface area contributed by atoms with Gasteiger partial charge in [-0.05, 0) is 12.2 Å². The molecule has 0 aromatic heterocycles. The third-order valence-corrected chi connectivity index (χ3v) is 2.52. The average molecular weight is 210 g/mol. The maximum Gasteiger partial charge on any atom is 0.237 e. The number of nitrogens with one attached hydrogen (secondary N) is 1. The number of hydrogen-bond acceptors (Lipinski definition) is 2. The number of alkyl halides is 1. The van der Waals surface area contributed by atoms with Gasteiger partial charge >= 0.3 is 0 Å². The van der Waals surface area contributed by atoms with Gasteiger partial charge in [0.25, 0.3) is 0 Å². The smallest absolute Gasteiger partial charge is 0.237 e. The molecule has 0 heterocycles. The molecule has 1 amide bonds. The largest absolute Gasteiger partial charge is 0.354 e. The maximum absolute atomic E-state index is 10.9. The van der Waals surface area contributed by atoms with Crippen molar-refractivity contribution in [3.05, 3.63) is 0 Å². The van der Waals surface area contributed by atoms with Gasteiger partial charge in [-0.3, -0.25) is 4.79 Å². The molecule has 0 aromatic carbocycles. The predicted octanol–water partition coefficient (Wildman–Crippen LogP) is 1.87. The van der Waals surface area contributed by atoms with Crippen molar-refractivity contribution in [1.82, 2.24) is 5.32 Å². The third kappa shape index (κ3) is 6.80. The third-order valence-electron chi connectivity index (χ3n) is 1.21. The van der Waals surface area contributed by atoms with Gasteiger partial charge in [0.15, 0.2) is 0 Å². The van der Waals surface area contributed by atoms with Crippen LogP contribution in [0.15, 0.2) is 0 Å². The number of carbonyl (C=O) groups is 1. The highest BCUT2D eigenvalue weighted by Crippen LogP contribution is 2.06. The van der Waals surface area contributed by atoms with Crippen molar-refractivity contribution in [1.29, 1.82) is 0 Å². The Balaban J connectivity index is 3.26. The van der Waals surface area contributed by atoms with Crippen LogP contribution in [0.25, 0.3) is 0 Å². The minimum atomic E-state index is -0.422. The summed E-state index contributed by atoms with van der Waals surface area (Å²) in [6.07, 6.45) is 0. The topological polar surface area (TPSA) is 29.1 Å². The van der Waals surface area contributed by atoms with E-state index in [1.807, 2.05) is 11.8 Å². The first-order chi connectivity index (χ1) is 5.54. The Morgan fingerprint density at radius 3 is 2.50 bits per heavy atom. The second-order valence-corrected chi connectivity index (χ2v) is 5.17. The summed E-state index contributed by atoms with van der Waals surface area (Å²) in [6.45, 7) is 6.65. The molecule has 0 aromatic rings. The van der Waals surface area contributed by atoms with Gasteiger partial charge in [-0.25, -0.2) is 0 Å². The molecule has 0 spiro atoms. The normalized spacial score (nSPS) is 13.1. The lowest BCUT2D eigenvalue weighted by atomic mass is 10.4. The molecule has 12 heavy (non-hydrogen) atoms. The highest BCUT2D eigenvalue weighted by molar-refractivity contribution is 7.99. The molecule has 72 valence electrons. The van der Waals surface area contributed by atoms with Gasteiger partial charge in [0, 0.05) is 12.3 Å². The van der Waals surface area contributed by atoms with Crippen LogP contribution in [-0.2, 0) is 4.79 Å². The van der Waals surface area contributed by atoms with Crippen molar-refractivity contribution in [3.63, 3.8) is 0 Å². The number of rotatable bonds is 5. The zero-order valence-corrected chi connectivity index (χ0v) is 9.34. The van der Waals surface area contributed by atoms with E-state index in [2.05, 4.69) is 19.2 Å². The van der Waals surface area contributed by atoms with Crippen molar-refractivity contribution >= 4 is 29.3 Å². The van der Waals surface area contributed by atoms with E-state index in [4.69, 9.17) is 11.6 Å². The average Bonchev–Trinajstić information content (AvgIpc) is 1.97. The molecule has 0 rings (SSSR count). The van der Waals surface area contributed by atoms with Gasteiger partial charge in [0.1, 0.15) is 5.38 Å². The molecular weight excluding hydrogens is 194 g/mol. The lowest BCUT2D eigenvalue weighted by molar-refractivity contribution is -0.120. The summed E-state index contributed by atoms with van der Waals surface area (Å²) in [5.41, 5.74) is 0. The molecule has 1 N–H and O–H groups in total. The highest BCUT2D eigenvalue weighted by Gasteiger charge is 2.06. The molecule has 0 radical (unpaired) electrons. The van der Waals surface area contributed by atoms with Crippen LogP contribution >= 0.6 is 23.4 Å². The Kier molecular flexibility index (Phi) is 6.67. The van der Waals surface area contributed by atoms with Gasteiger partial charge in [-0.1, -0.05) is 13.8 Å². The molecule has 0 aliphatic carbocycles. The summed E-state index contributed by atoms with van der Waals surface area (Å²) in [6, 6.07) is 0. The summed E-state index contributed by atoms with van der Waals surface area (Å²) in [7, 11) is 0.